The molecule has 0 N–H and O–H groups in total. The SMILES string of the molecule is CC(C)c1cncc(Cc2c(-c3ccc(Br)cn3)cnn2C)n1. The molecule has 0 spiro atoms. The first-order valence-electron chi connectivity index (χ1n) is 7.48. The number of rotatable bonds is 4. The molecule has 3 aromatic rings. The van der Waals surface area contributed by atoms with Crippen LogP contribution < -0.4 is 0 Å². The van der Waals surface area contributed by atoms with Crippen molar-refractivity contribution in [2.75, 3.05) is 0 Å². The Kier molecular flexibility index (Phi) is 4.52. The van der Waals surface area contributed by atoms with Crippen molar-refractivity contribution in [2.24, 2.45) is 7.05 Å². The summed E-state index contributed by atoms with van der Waals surface area (Å²) in [6, 6.07) is 3.97. The Balaban J connectivity index is 1.96. The molecular weight excluding hydrogens is 354 g/mol. The molecule has 0 radical (unpaired) electrons. The van der Waals surface area contributed by atoms with Crippen LogP contribution in [-0.2, 0) is 13.5 Å². The van der Waals surface area contributed by atoms with E-state index < -0.39 is 0 Å². The molecule has 23 heavy (non-hydrogen) atoms. The molecule has 0 saturated heterocycles. The van der Waals surface area contributed by atoms with Crippen LogP contribution in [-0.4, -0.2) is 24.7 Å². The number of nitrogens with zero attached hydrogens (tertiary/aromatic N) is 5. The Morgan fingerprint density at radius 3 is 2.65 bits per heavy atom. The number of pyridine rings is 1. The van der Waals surface area contributed by atoms with Gasteiger partial charge in [0.1, 0.15) is 0 Å². The lowest BCUT2D eigenvalue weighted by atomic mass is 10.1. The predicted octanol–water partition coefficient (Wildman–Crippen LogP) is 3.75. The van der Waals surface area contributed by atoms with Crippen molar-refractivity contribution in [3.05, 3.63) is 58.5 Å². The standard InChI is InChI=1S/C17H18BrN5/c1-11(2)16-10-19-8-13(22-16)6-17-14(9-21-23(17)3)15-5-4-12(18)7-20-15/h4-5,7-11H,6H2,1-3H3. The van der Waals surface area contributed by atoms with Gasteiger partial charge in [-0.05, 0) is 34.0 Å². The third kappa shape index (κ3) is 3.47. The van der Waals surface area contributed by atoms with E-state index >= 15 is 0 Å². The first kappa shape index (κ1) is 15.8. The molecule has 0 aliphatic carbocycles. The van der Waals surface area contributed by atoms with E-state index in [1.165, 1.54) is 0 Å². The number of aryl methyl sites for hydroxylation is 1. The molecule has 0 amide bonds. The van der Waals surface area contributed by atoms with E-state index in [2.05, 4.69) is 44.8 Å². The third-order valence-electron chi connectivity index (χ3n) is 3.71. The average Bonchev–Trinajstić information content (AvgIpc) is 2.89. The summed E-state index contributed by atoms with van der Waals surface area (Å²) in [6.07, 6.45) is 7.97. The zero-order chi connectivity index (χ0) is 16.4. The number of aromatic nitrogens is 5. The molecule has 3 rings (SSSR count). The fourth-order valence-electron chi connectivity index (χ4n) is 2.38. The van der Waals surface area contributed by atoms with Crippen LogP contribution in [0.1, 0.15) is 36.8 Å². The maximum absolute atomic E-state index is 4.71. The highest BCUT2D eigenvalue weighted by Gasteiger charge is 2.14. The summed E-state index contributed by atoms with van der Waals surface area (Å²) in [4.78, 5) is 13.5. The van der Waals surface area contributed by atoms with Gasteiger partial charge in [-0.25, -0.2) is 0 Å². The molecule has 3 heterocycles. The van der Waals surface area contributed by atoms with Crippen molar-refractivity contribution in [3.63, 3.8) is 0 Å². The molecule has 3 aromatic heterocycles. The normalized spacial score (nSPS) is 11.2. The van der Waals surface area contributed by atoms with Crippen molar-refractivity contribution in [1.82, 2.24) is 24.7 Å². The molecule has 6 heteroatoms. The van der Waals surface area contributed by atoms with E-state index in [1.807, 2.05) is 42.5 Å². The van der Waals surface area contributed by atoms with Gasteiger partial charge < -0.3 is 0 Å². The van der Waals surface area contributed by atoms with Crippen LogP contribution in [0.3, 0.4) is 0 Å². The lowest BCUT2D eigenvalue weighted by Crippen LogP contribution is -2.05. The quantitative estimate of drug-likeness (QED) is 0.700. The molecule has 0 aliphatic rings. The van der Waals surface area contributed by atoms with Gasteiger partial charge in [0.05, 0.1) is 29.0 Å². The van der Waals surface area contributed by atoms with Gasteiger partial charge >= 0.3 is 0 Å². The Morgan fingerprint density at radius 1 is 1.13 bits per heavy atom. The Labute approximate surface area is 144 Å². The third-order valence-corrected chi connectivity index (χ3v) is 4.18. The topological polar surface area (TPSA) is 56.5 Å². The predicted molar refractivity (Wildman–Crippen MR) is 93.1 cm³/mol. The number of hydrogen-bond acceptors (Lipinski definition) is 4. The zero-order valence-corrected chi connectivity index (χ0v) is 14.9. The fraction of sp³-hybridized carbons (Fsp3) is 0.294. The van der Waals surface area contributed by atoms with Crippen LogP contribution in [0, 0.1) is 0 Å². The number of hydrogen-bond donors (Lipinski definition) is 0. The summed E-state index contributed by atoms with van der Waals surface area (Å²) in [5.41, 5.74) is 4.96. The Hall–Kier alpha value is -2.08. The van der Waals surface area contributed by atoms with Gasteiger partial charge in [0, 0.05) is 42.1 Å². The second kappa shape index (κ2) is 6.58. The van der Waals surface area contributed by atoms with Crippen molar-refractivity contribution >= 4 is 15.9 Å². The highest BCUT2D eigenvalue weighted by Crippen LogP contribution is 2.24. The van der Waals surface area contributed by atoms with Gasteiger partial charge in [0.15, 0.2) is 0 Å². The molecule has 0 atom stereocenters. The van der Waals surface area contributed by atoms with Crippen molar-refractivity contribution in [2.45, 2.75) is 26.2 Å². The summed E-state index contributed by atoms with van der Waals surface area (Å²) in [5, 5.41) is 4.39. The summed E-state index contributed by atoms with van der Waals surface area (Å²) in [5.74, 6) is 0.363. The van der Waals surface area contributed by atoms with Crippen LogP contribution in [0.5, 0.6) is 0 Å². The molecule has 0 bridgehead atoms. The molecule has 0 aromatic carbocycles. The molecule has 5 nitrogen and oxygen atoms in total. The van der Waals surface area contributed by atoms with E-state index in [9.17, 15) is 0 Å². The van der Waals surface area contributed by atoms with Crippen molar-refractivity contribution < 1.29 is 0 Å². The van der Waals surface area contributed by atoms with Crippen molar-refractivity contribution in [1.29, 1.82) is 0 Å². The Morgan fingerprint density at radius 2 is 1.96 bits per heavy atom. The van der Waals surface area contributed by atoms with Crippen LogP contribution in [0.15, 0.2) is 41.4 Å². The number of halogens is 1. The highest BCUT2D eigenvalue weighted by molar-refractivity contribution is 9.10. The summed E-state index contributed by atoms with van der Waals surface area (Å²) < 4.78 is 2.84. The van der Waals surface area contributed by atoms with E-state index in [-0.39, 0.29) is 0 Å². The summed E-state index contributed by atoms with van der Waals surface area (Å²) in [6.45, 7) is 4.24. The summed E-state index contributed by atoms with van der Waals surface area (Å²) >= 11 is 3.42. The first-order chi connectivity index (χ1) is 11.0. The first-order valence-corrected chi connectivity index (χ1v) is 8.27. The van der Waals surface area contributed by atoms with Crippen LogP contribution in [0.2, 0.25) is 0 Å². The molecule has 0 saturated carbocycles. The van der Waals surface area contributed by atoms with E-state index in [0.29, 0.717) is 12.3 Å². The maximum atomic E-state index is 4.71. The van der Waals surface area contributed by atoms with Gasteiger partial charge in [-0.3, -0.25) is 19.6 Å². The minimum absolute atomic E-state index is 0.363. The molecule has 0 aliphatic heterocycles. The van der Waals surface area contributed by atoms with E-state index in [4.69, 9.17) is 4.98 Å². The zero-order valence-electron chi connectivity index (χ0n) is 13.4. The van der Waals surface area contributed by atoms with Crippen LogP contribution >= 0.6 is 15.9 Å². The Bertz CT molecular complexity index is 808. The molecule has 118 valence electrons. The minimum atomic E-state index is 0.363. The van der Waals surface area contributed by atoms with Gasteiger partial charge in [-0.2, -0.15) is 5.10 Å². The van der Waals surface area contributed by atoms with Crippen molar-refractivity contribution in [3.8, 4) is 11.3 Å². The van der Waals surface area contributed by atoms with Gasteiger partial charge in [-0.15, -0.1) is 0 Å². The highest BCUT2D eigenvalue weighted by atomic mass is 79.9. The summed E-state index contributed by atoms with van der Waals surface area (Å²) in [7, 11) is 1.94. The second-order valence-corrected chi connectivity index (χ2v) is 6.67. The lowest BCUT2D eigenvalue weighted by molar-refractivity contribution is 0.715. The largest absolute Gasteiger partial charge is 0.272 e. The lowest BCUT2D eigenvalue weighted by Gasteiger charge is -2.08. The van der Waals surface area contributed by atoms with E-state index in [0.717, 1.165) is 32.8 Å². The van der Waals surface area contributed by atoms with E-state index in [1.54, 1.807) is 6.20 Å². The second-order valence-electron chi connectivity index (χ2n) is 5.76. The monoisotopic (exact) mass is 371 g/mol. The van der Waals surface area contributed by atoms with Gasteiger partial charge in [-0.1, -0.05) is 13.8 Å². The van der Waals surface area contributed by atoms with Gasteiger partial charge in [0.2, 0.25) is 0 Å². The molecule has 0 unspecified atom stereocenters. The average molecular weight is 372 g/mol. The smallest absolute Gasteiger partial charge is 0.0737 e. The maximum Gasteiger partial charge on any atom is 0.0737 e. The minimum Gasteiger partial charge on any atom is -0.272 e. The van der Waals surface area contributed by atoms with Crippen LogP contribution in [0.4, 0.5) is 0 Å². The molecule has 0 fully saturated rings. The fourth-order valence-corrected chi connectivity index (χ4v) is 2.61. The van der Waals surface area contributed by atoms with Crippen LogP contribution in [0.25, 0.3) is 11.3 Å². The van der Waals surface area contributed by atoms with Gasteiger partial charge in [0.25, 0.3) is 0 Å². The molecular formula is C17H18BrN5.